The average molecular weight is 162 g/mol. The Morgan fingerprint density at radius 2 is 2.00 bits per heavy atom. The van der Waals surface area contributed by atoms with E-state index in [9.17, 15) is 4.79 Å². The van der Waals surface area contributed by atoms with Crippen LogP contribution < -0.4 is 0 Å². The van der Waals surface area contributed by atoms with E-state index in [1.54, 1.807) is 0 Å². The molecule has 0 aromatic heterocycles. The van der Waals surface area contributed by atoms with E-state index in [0.717, 1.165) is 0 Å². The summed E-state index contributed by atoms with van der Waals surface area (Å²) in [6.45, 7) is 5.88. The van der Waals surface area contributed by atoms with Gasteiger partial charge in [-0.15, -0.1) is 0 Å². The SMILES string of the molecule is CC(C)(C)C(=O)OCCS. The van der Waals surface area contributed by atoms with Crippen LogP contribution in [0.5, 0.6) is 0 Å². The van der Waals surface area contributed by atoms with Crippen LogP contribution >= 0.6 is 12.6 Å². The van der Waals surface area contributed by atoms with Crippen LogP contribution in [0.3, 0.4) is 0 Å². The molecule has 0 amide bonds. The Labute approximate surface area is 67.4 Å². The molecular formula is C7H14O2S. The van der Waals surface area contributed by atoms with Crippen LogP contribution in [0.1, 0.15) is 20.8 Å². The number of hydrogen-bond donors (Lipinski definition) is 1. The fourth-order valence-electron chi connectivity index (χ4n) is 0.355. The summed E-state index contributed by atoms with van der Waals surface area (Å²) in [4.78, 5) is 11.0. The maximum Gasteiger partial charge on any atom is 0.311 e. The average Bonchev–Trinajstić information content (AvgIpc) is 1.80. The van der Waals surface area contributed by atoms with Gasteiger partial charge < -0.3 is 4.74 Å². The highest BCUT2D eigenvalue weighted by Gasteiger charge is 2.22. The van der Waals surface area contributed by atoms with Gasteiger partial charge in [0.25, 0.3) is 0 Å². The monoisotopic (exact) mass is 162 g/mol. The van der Waals surface area contributed by atoms with Crippen molar-refractivity contribution < 1.29 is 9.53 Å². The number of thiol groups is 1. The Kier molecular flexibility index (Phi) is 3.79. The van der Waals surface area contributed by atoms with Gasteiger partial charge in [0.2, 0.25) is 0 Å². The van der Waals surface area contributed by atoms with E-state index in [2.05, 4.69) is 12.6 Å². The van der Waals surface area contributed by atoms with Crippen LogP contribution in [0.25, 0.3) is 0 Å². The zero-order valence-corrected chi connectivity index (χ0v) is 7.57. The molecule has 0 aromatic rings. The summed E-state index contributed by atoms with van der Waals surface area (Å²) in [6, 6.07) is 0. The van der Waals surface area contributed by atoms with Gasteiger partial charge in [0.05, 0.1) is 5.41 Å². The zero-order valence-electron chi connectivity index (χ0n) is 6.68. The van der Waals surface area contributed by atoms with Gasteiger partial charge in [0.1, 0.15) is 6.61 Å². The summed E-state index contributed by atoms with van der Waals surface area (Å²) in [5.74, 6) is 0.420. The van der Waals surface area contributed by atoms with Gasteiger partial charge in [-0.2, -0.15) is 12.6 Å². The molecule has 0 saturated heterocycles. The van der Waals surface area contributed by atoms with E-state index in [4.69, 9.17) is 4.74 Å². The largest absolute Gasteiger partial charge is 0.464 e. The van der Waals surface area contributed by atoms with E-state index < -0.39 is 0 Å². The van der Waals surface area contributed by atoms with E-state index in [1.807, 2.05) is 20.8 Å². The molecule has 0 fully saturated rings. The van der Waals surface area contributed by atoms with Crippen LogP contribution in [0.15, 0.2) is 0 Å². The molecule has 3 heteroatoms. The molecule has 0 aromatic carbocycles. The maximum absolute atomic E-state index is 11.0. The minimum absolute atomic E-state index is 0.165. The number of carbonyl (C=O) groups is 1. The number of esters is 1. The predicted octanol–water partition coefficient (Wildman–Crippen LogP) is 1.51. The topological polar surface area (TPSA) is 26.3 Å². The van der Waals surface area contributed by atoms with Gasteiger partial charge in [-0.25, -0.2) is 0 Å². The molecule has 0 atom stereocenters. The fraction of sp³-hybridized carbons (Fsp3) is 0.857. The third-order valence-corrected chi connectivity index (χ3v) is 1.12. The summed E-state index contributed by atoms with van der Waals surface area (Å²) in [5.41, 5.74) is -0.386. The molecule has 60 valence electrons. The predicted molar refractivity (Wildman–Crippen MR) is 44.3 cm³/mol. The molecule has 0 radical (unpaired) electrons. The third-order valence-electron chi connectivity index (χ3n) is 0.937. The maximum atomic E-state index is 11.0. The van der Waals surface area contributed by atoms with Gasteiger partial charge in [-0.05, 0) is 20.8 Å². The van der Waals surface area contributed by atoms with E-state index >= 15 is 0 Å². The molecule has 2 nitrogen and oxygen atoms in total. The van der Waals surface area contributed by atoms with Gasteiger partial charge in [0, 0.05) is 5.75 Å². The van der Waals surface area contributed by atoms with Gasteiger partial charge in [0.15, 0.2) is 0 Å². The minimum atomic E-state index is -0.386. The van der Waals surface area contributed by atoms with Gasteiger partial charge >= 0.3 is 5.97 Å². The lowest BCUT2D eigenvalue weighted by Gasteiger charge is -2.15. The van der Waals surface area contributed by atoms with E-state index in [1.165, 1.54) is 0 Å². The summed E-state index contributed by atoms with van der Waals surface area (Å²) in [5, 5.41) is 0. The lowest BCUT2D eigenvalue weighted by atomic mass is 9.97. The van der Waals surface area contributed by atoms with E-state index in [0.29, 0.717) is 12.4 Å². The second-order valence-electron chi connectivity index (χ2n) is 3.11. The summed E-state index contributed by atoms with van der Waals surface area (Å²) in [7, 11) is 0. The van der Waals surface area contributed by atoms with Crippen molar-refractivity contribution in [1.82, 2.24) is 0 Å². The normalized spacial score (nSPS) is 11.2. The van der Waals surface area contributed by atoms with Crippen LogP contribution in [0.2, 0.25) is 0 Å². The Morgan fingerprint density at radius 3 is 2.30 bits per heavy atom. The molecule has 0 unspecified atom stereocenters. The molecule has 0 bridgehead atoms. The van der Waals surface area contributed by atoms with Crippen molar-refractivity contribution in [3.63, 3.8) is 0 Å². The van der Waals surface area contributed by atoms with Crippen LogP contribution in [-0.2, 0) is 9.53 Å². The van der Waals surface area contributed by atoms with Crippen molar-refractivity contribution in [2.45, 2.75) is 20.8 Å². The standard InChI is InChI=1S/C7H14O2S/c1-7(2,3)6(8)9-4-5-10/h10H,4-5H2,1-3H3. The highest BCUT2D eigenvalue weighted by atomic mass is 32.1. The van der Waals surface area contributed by atoms with E-state index in [-0.39, 0.29) is 11.4 Å². The molecule has 0 aliphatic rings. The first-order valence-corrected chi connectivity index (χ1v) is 3.90. The van der Waals surface area contributed by atoms with Crippen molar-refractivity contribution >= 4 is 18.6 Å². The fourth-order valence-corrected chi connectivity index (χ4v) is 0.446. The second kappa shape index (κ2) is 3.86. The first kappa shape index (κ1) is 9.82. The van der Waals surface area contributed by atoms with Crippen molar-refractivity contribution in [1.29, 1.82) is 0 Å². The lowest BCUT2D eigenvalue weighted by Crippen LogP contribution is -2.23. The Bertz CT molecular complexity index is 115. The minimum Gasteiger partial charge on any atom is -0.464 e. The zero-order chi connectivity index (χ0) is 8.20. The first-order chi connectivity index (χ1) is 4.48. The molecule has 0 spiro atoms. The molecule has 0 aliphatic heterocycles. The molecule has 0 saturated carbocycles. The Morgan fingerprint density at radius 1 is 1.50 bits per heavy atom. The number of carbonyl (C=O) groups excluding carboxylic acids is 1. The summed E-state index contributed by atoms with van der Waals surface area (Å²) >= 11 is 3.91. The third kappa shape index (κ3) is 3.77. The quantitative estimate of drug-likeness (QED) is 0.492. The summed E-state index contributed by atoms with van der Waals surface area (Å²) < 4.78 is 4.84. The first-order valence-electron chi connectivity index (χ1n) is 3.26. The van der Waals surface area contributed by atoms with Crippen LogP contribution in [0.4, 0.5) is 0 Å². The van der Waals surface area contributed by atoms with Crippen molar-refractivity contribution in [2.75, 3.05) is 12.4 Å². The van der Waals surface area contributed by atoms with Crippen molar-refractivity contribution in [3.8, 4) is 0 Å². The lowest BCUT2D eigenvalue weighted by molar-refractivity contribution is -0.152. The number of hydrogen-bond acceptors (Lipinski definition) is 3. The number of rotatable bonds is 2. The van der Waals surface area contributed by atoms with Gasteiger partial charge in [-0.3, -0.25) is 4.79 Å². The highest BCUT2D eigenvalue weighted by molar-refractivity contribution is 7.80. The Balaban J connectivity index is 3.64. The molecule has 0 aliphatic carbocycles. The molecule has 10 heavy (non-hydrogen) atoms. The molecule has 0 N–H and O–H groups in total. The molecule has 0 rings (SSSR count). The van der Waals surface area contributed by atoms with Gasteiger partial charge in [-0.1, -0.05) is 0 Å². The Hall–Kier alpha value is -0.180. The number of ether oxygens (including phenoxy) is 1. The van der Waals surface area contributed by atoms with Crippen LogP contribution in [-0.4, -0.2) is 18.3 Å². The smallest absolute Gasteiger partial charge is 0.311 e. The van der Waals surface area contributed by atoms with Crippen LogP contribution in [0, 0.1) is 5.41 Å². The summed E-state index contributed by atoms with van der Waals surface area (Å²) in [6.07, 6.45) is 0. The van der Waals surface area contributed by atoms with Crippen molar-refractivity contribution in [3.05, 3.63) is 0 Å². The molecular weight excluding hydrogens is 148 g/mol. The second-order valence-corrected chi connectivity index (χ2v) is 3.56. The highest BCUT2D eigenvalue weighted by Crippen LogP contribution is 2.14. The molecule has 0 heterocycles. The van der Waals surface area contributed by atoms with Crippen molar-refractivity contribution in [2.24, 2.45) is 5.41 Å².